The molecule has 0 spiro atoms. The van der Waals surface area contributed by atoms with Crippen LogP contribution < -0.4 is 21.5 Å². The van der Waals surface area contributed by atoms with Crippen LogP contribution in [0.3, 0.4) is 0 Å². The van der Waals surface area contributed by atoms with Gasteiger partial charge in [0, 0.05) is 19.4 Å². The summed E-state index contributed by atoms with van der Waals surface area (Å²) in [6, 6.07) is 8.17. The molecule has 0 saturated heterocycles. The summed E-state index contributed by atoms with van der Waals surface area (Å²) in [6.45, 7) is 2.85. The van der Waals surface area contributed by atoms with Crippen molar-refractivity contribution < 1.29 is 34.5 Å². The lowest BCUT2D eigenvalue weighted by Gasteiger charge is -1.97. The van der Waals surface area contributed by atoms with Crippen molar-refractivity contribution in [3.05, 3.63) is 29.3 Å². The molecule has 0 radical (unpaired) electrons. The van der Waals surface area contributed by atoms with Gasteiger partial charge in [-0.25, -0.2) is 0 Å². The third-order valence-electron chi connectivity index (χ3n) is 2.83. The van der Waals surface area contributed by atoms with E-state index in [1.165, 1.54) is 15.2 Å². The fourth-order valence-corrected chi connectivity index (χ4v) is 3.60. The highest BCUT2D eigenvalue weighted by molar-refractivity contribution is 7.85. The van der Waals surface area contributed by atoms with Crippen LogP contribution in [0.5, 0.6) is 0 Å². The van der Waals surface area contributed by atoms with Crippen molar-refractivity contribution in [2.24, 2.45) is 0 Å². The Hall–Kier alpha value is -0.500. The predicted octanol–water partition coefficient (Wildman–Crippen LogP) is -0.831. The van der Waals surface area contributed by atoms with Crippen LogP contribution in [0.15, 0.2) is 24.3 Å². The summed E-state index contributed by atoms with van der Waals surface area (Å²) in [5.41, 5.74) is 1.19. The first-order valence-corrected chi connectivity index (χ1v) is 8.23. The Morgan fingerprint density at radius 2 is 1.95 bits per heavy atom. The highest BCUT2D eigenvalue weighted by atomic mass is 79.9. The number of hydrogen-bond donors (Lipinski definition) is 1. The summed E-state index contributed by atoms with van der Waals surface area (Å²) in [6.07, 6.45) is 1.22. The van der Waals surface area contributed by atoms with Gasteiger partial charge in [0.05, 0.1) is 5.75 Å². The largest absolute Gasteiger partial charge is 1.00 e. The molecule has 106 valence electrons. The van der Waals surface area contributed by atoms with Crippen molar-refractivity contribution in [2.45, 2.75) is 26.3 Å². The van der Waals surface area contributed by atoms with Crippen LogP contribution in [-0.2, 0) is 16.7 Å². The topological polar surface area (TPSA) is 58.2 Å². The summed E-state index contributed by atoms with van der Waals surface area (Å²) in [4.78, 5) is 0. The summed E-state index contributed by atoms with van der Waals surface area (Å²) in [5.74, 6) is -0.158. The predicted molar refractivity (Wildman–Crippen MR) is 72.4 cm³/mol. The Morgan fingerprint density at radius 1 is 1.26 bits per heavy atom. The Bertz CT molecular complexity index is 652. The molecule has 0 aliphatic rings. The van der Waals surface area contributed by atoms with Gasteiger partial charge in [0.2, 0.25) is 10.5 Å². The second-order valence-electron chi connectivity index (χ2n) is 4.23. The molecule has 1 aromatic carbocycles. The minimum Gasteiger partial charge on any atom is -1.00 e. The first kappa shape index (κ1) is 16.6. The van der Waals surface area contributed by atoms with E-state index in [1.54, 1.807) is 11.3 Å². The van der Waals surface area contributed by atoms with Crippen molar-refractivity contribution in [3.8, 4) is 0 Å². The molecule has 0 bridgehead atoms. The van der Waals surface area contributed by atoms with Gasteiger partial charge in [0.1, 0.15) is 11.2 Å². The first-order valence-electron chi connectivity index (χ1n) is 5.80. The summed E-state index contributed by atoms with van der Waals surface area (Å²) in [5, 5.41) is 1.21. The van der Waals surface area contributed by atoms with Crippen LogP contribution in [-0.4, -0.2) is 18.7 Å². The normalized spacial score (nSPS) is 11.5. The molecule has 2 aromatic rings. The number of halogens is 1. The fraction of sp³-hybridized carbons (Fsp3) is 0.417. The molecule has 0 unspecified atom stereocenters. The van der Waals surface area contributed by atoms with Crippen molar-refractivity contribution >= 4 is 31.7 Å². The lowest BCUT2D eigenvalue weighted by atomic mass is 10.3. The van der Waals surface area contributed by atoms with Gasteiger partial charge in [-0.15, -0.1) is 0 Å². The van der Waals surface area contributed by atoms with E-state index in [0.717, 1.165) is 13.0 Å². The highest BCUT2D eigenvalue weighted by Crippen LogP contribution is 2.19. The molecule has 1 heterocycles. The van der Waals surface area contributed by atoms with Gasteiger partial charge in [-0.05, 0) is 12.5 Å². The molecule has 1 aromatic heterocycles. The average Bonchev–Trinajstić information content (AvgIpc) is 2.59. The highest BCUT2D eigenvalue weighted by Gasteiger charge is 2.16. The number of fused-ring (bicyclic) bond motifs is 1. The van der Waals surface area contributed by atoms with Gasteiger partial charge < -0.3 is 17.0 Å². The van der Waals surface area contributed by atoms with Crippen molar-refractivity contribution in [1.29, 1.82) is 0 Å². The number of unbranched alkanes of at least 4 members (excludes halogenated alkanes) is 1. The monoisotopic (exact) mass is 365 g/mol. The van der Waals surface area contributed by atoms with Crippen LogP contribution in [0.25, 0.3) is 10.2 Å². The number of hydrogen-bond acceptors (Lipinski definition) is 3. The van der Waals surface area contributed by atoms with Gasteiger partial charge >= 0.3 is 0 Å². The third kappa shape index (κ3) is 4.52. The van der Waals surface area contributed by atoms with Crippen LogP contribution in [0, 0.1) is 6.92 Å². The number of thiazole rings is 1. The second-order valence-corrected chi connectivity index (χ2v) is 7.04. The van der Waals surface area contributed by atoms with E-state index < -0.39 is 10.1 Å². The number of aryl methyl sites for hydroxylation is 2. The van der Waals surface area contributed by atoms with Gasteiger partial charge in [0.15, 0.2) is 0 Å². The molecule has 0 saturated carbocycles. The van der Waals surface area contributed by atoms with E-state index >= 15 is 0 Å². The van der Waals surface area contributed by atoms with Gasteiger partial charge in [-0.2, -0.15) is 13.0 Å². The smallest absolute Gasteiger partial charge is 0.264 e. The molecule has 7 heteroatoms. The Labute approximate surface area is 127 Å². The maximum Gasteiger partial charge on any atom is 0.264 e. The molecular weight excluding hydrogens is 350 g/mol. The summed E-state index contributed by atoms with van der Waals surface area (Å²) in [7, 11) is -3.82. The zero-order chi connectivity index (χ0) is 13.2. The standard InChI is InChI=1S/C12H15NO3S2.BrH/c1-10-13(8-4-5-9-18(14,15)16)11-6-2-3-7-12(11)17-10;/h2-3,6-7H,4-5,8-9H2,1H3;1H. The molecule has 2 rings (SSSR count). The number of benzene rings is 1. The number of nitrogens with zero attached hydrogens (tertiary/aromatic N) is 1. The zero-order valence-corrected chi connectivity index (χ0v) is 13.8. The van der Waals surface area contributed by atoms with Gasteiger partial charge in [0.25, 0.3) is 10.1 Å². The van der Waals surface area contributed by atoms with E-state index in [-0.39, 0.29) is 22.7 Å². The van der Waals surface area contributed by atoms with Gasteiger partial charge in [-0.1, -0.05) is 23.5 Å². The molecule has 0 aliphatic heterocycles. The minimum atomic E-state index is -3.82. The number of para-hydroxylation sites is 1. The molecule has 0 aliphatic carbocycles. The SMILES string of the molecule is Cc1sc2ccccc2[n+]1CCCCS(=O)(=O)O.[Br-]. The van der Waals surface area contributed by atoms with Crippen LogP contribution in [0.1, 0.15) is 17.8 Å². The van der Waals surface area contributed by atoms with E-state index in [0.29, 0.717) is 6.42 Å². The number of rotatable bonds is 5. The maximum atomic E-state index is 10.6. The van der Waals surface area contributed by atoms with E-state index in [4.69, 9.17) is 4.55 Å². The third-order valence-corrected chi connectivity index (χ3v) is 4.71. The second kappa shape index (κ2) is 6.78. The van der Waals surface area contributed by atoms with Crippen molar-refractivity contribution in [3.63, 3.8) is 0 Å². The quantitative estimate of drug-likeness (QED) is 0.427. The maximum absolute atomic E-state index is 10.6. The van der Waals surface area contributed by atoms with Crippen molar-refractivity contribution in [1.82, 2.24) is 0 Å². The molecule has 0 atom stereocenters. The number of aromatic nitrogens is 1. The first-order chi connectivity index (χ1) is 8.47. The lowest BCUT2D eigenvalue weighted by molar-refractivity contribution is -0.673. The van der Waals surface area contributed by atoms with E-state index in [2.05, 4.69) is 23.6 Å². The Morgan fingerprint density at radius 3 is 2.63 bits per heavy atom. The molecular formula is C12H16BrNO3S2. The molecule has 0 fully saturated rings. The Balaban J connectivity index is 0.00000180. The van der Waals surface area contributed by atoms with Gasteiger partial charge in [-0.3, -0.25) is 4.55 Å². The zero-order valence-electron chi connectivity index (χ0n) is 10.5. The van der Waals surface area contributed by atoms with E-state index in [9.17, 15) is 8.42 Å². The van der Waals surface area contributed by atoms with Crippen LogP contribution in [0.2, 0.25) is 0 Å². The summed E-state index contributed by atoms with van der Waals surface area (Å²) < 4.78 is 33.4. The van der Waals surface area contributed by atoms with E-state index in [1.807, 2.05) is 12.1 Å². The van der Waals surface area contributed by atoms with Crippen LogP contribution >= 0.6 is 11.3 Å². The minimum absolute atomic E-state index is 0. The van der Waals surface area contributed by atoms with Crippen molar-refractivity contribution in [2.75, 3.05) is 5.75 Å². The molecule has 4 nitrogen and oxygen atoms in total. The molecule has 1 N–H and O–H groups in total. The molecule has 19 heavy (non-hydrogen) atoms. The Kier molecular flexibility index (Phi) is 5.91. The summed E-state index contributed by atoms with van der Waals surface area (Å²) >= 11 is 1.74. The average molecular weight is 366 g/mol. The van der Waals surface area contributed by atoms with Crippen LogP contribution in [0.4, 0.5) is 0 Å². The fourth-order valence-electron chi connectivity index (χ4n) is 1.98. The molecule has 0 amide bonds. The lowest BCUT2D eigenvalue weighted by Crippen LogP contribution is -3.00.